The molecule has 0 unspecified atom stereocenters. The van der Waals surface area contributed by atoms with Crippen LogP contribution in [-0.4, -0.2) is 45.2 Å². The highest BCUT2D eigenvalue weighted by atomic mass is 32.2. The van der Waals surface area contributed by atoms with Gasteiger partial charge in [0.15, 0.2) is 0 Å². The fourth-order valence-electron chi connectivity index (χ4n) is 2.09. The van der Waals surface area contributed by atoms with Gasteiger partial charge in [0.05, 0.1) is 11.4 Å². The van der Waals surface area contributed by atoms with Gasteiger partial charge < -0.3 is 10.6 Å². The van der Waals surface area contributed by atoms with Gasteiger partial charge in [0.25, 0.3) is 0 Å². The number of hydrogen-bond acceptors (Lipinski definition) is 4. The molecule has 142 valence electrons. The first-order valence-corrected chi connectivity index (χ1v) is 9.56. The summed E-state index contributed by atoms with van der Waals surface area (Å²) in [7, 11) is -0.628. The van der Waals surface area contributed by atoms with Crippen LogP contribution in [0.15, 0.2) is 65.6 Å². The lowest BCUT2D eigenvalue weighted by Gasteiger charge is -2.12. The Balaban J connectivity index is 1.85. The third kappa shape index (κ3) is 6.05. The Labute approximate surface area is 158 Å². The molecule has 2 aromatic rings. The molecule has 0 aromatic heterocycles. The first kappa shape index (κ1) is 20.3. The van der Waals surface area contributed by atoms with Crippen molar-refractivity contribution in [1.29, 1.82) is 0 Å². The van der Waals surface area contributed by atoms with E-state index in [0.717, 1.165) is 9.87 Å². The summed E-state index contributed by atoms with van der Waals surface area (Å²) >= 11 is 0. The van der Waals surface area contributed by atoms with E-state index in [4.69, 9.17) is 0 Å². The second-order valence-electron chi connectivity index (χ2n) is 5.82. The number of rotatable bonds is 7. The molecule has 2 amide bonds. The standard InChI is InChI=1S/C19H21N3O4S/c1-22(2)27(25,26)17-11-9-16(10-12-17)21-19(24)14-20-18(23)13-8-15-6-4-3-5-7-15/h3-13H,14H2,1-2H3,(H,20,23)(H,21,24)/b13-8+. The summed E-state index contributed by atoms with van der Waals surface area (Å²) in [6.45, 7) is -0.199. The Hall–Kier alpha value is -2.97. The fourth-order valence-corrected chi connectivity index (χ4v) is 2.99. The molecule has 0 aliphatic heterocycles. The Morgan fingerprint density at radius 3 is 2.22 bits per heavy atom. The van der Waals surface area contributed by atoms with Crippen LogP contribution in [0.5, 0.6) is 0 Å². The van der Waals surface area contributed by atoms with Crippen molar-refractivity contribution in [2.24, 2.45) is 0 Å². The van der Waals surface area contributed by atoms with Crippen LogP contribution >= 0.6 is 0 Å². The first-order valence-electron chi connectivity index (χ1n) is 8.12. The van der Waals surface area contributed by atoms with E-state index in [2.05, 4.69) is 10.6 Å². The molecule has 7 nitrogen and oxygen atoms in total. The van der Waals surface area contributed by atoms with Gasteiger partial charge in [-0.05, 0) is 35.9 Å². The number of carbonyl (C=O) groups is 2. The van der Waals surface area contributed by atoms with Gasteiger partial charge in [-0.15, -0.1) is 0 Å². The SMILES string of the molecule is CN(C)S(=O)(=O)c1ccc(NC(=O)CNC(=O)/C=C/c2ccccc2)cc1. The summed E-state index contributed by atoms with van der Waals surface area (Å²) in [6, 6.07) is 15.1. The maximum Gasteiger partial charge on any atom is 0.244 e. The first-order chi connectivity index (χ1) is 12.8. The average Bonchev–Trinajstić information content (AvgIpc) is 2.66. The highest BCUT2D eigenvalue weighted by Crippen LogP contribution is 2.16. The molecule has 2 aromatic carbocycles. The minimum atomic E-state index is -3.52. The second-order valence-corrected chi connectivity index (χ2v) is 7.97. The van der Waals surface area contributed by atoms with Crippen molar-refractivity contribution in [1.82, 2.24) is 9.62 Å². The van der Waals surface area contributed by atoms with Crippen LogP contribution in [0.25, 0.3) is 6.08 Å². The predicted octanol–water partition coefficient (Wildman–Crippen LogP) is 1.70. The zero-order valence-corrected chi connectivity index (χ0v) is 15.9. The van der Waals surface area contributed by atoms with Gasteiger partial charge in [-0.25, -0.2) is 12.7 Å². The van der Waals surface area contributed by atoms with Crippen LogP contribution in [0.2, 0.25) is 0 Å². The minimum absolute atomic E-state index is 0.129. The summed E-state index contributed by atoms with van der Waals surface area (Å²) in [6.07, 6.45) is 3.00. The number of benzene rings is 2. The molecular formula is C19H21N3O4S. The molecule has 0 aliphatic rings. The third-order valence-electron chi connectivity index (χ3n) is 3.57. The molecule has 27 heavy (non-hydrogen) atoms. The predicted molar refractivity (Wildman–Crippen MR) is 104 cm³/mol. The van der Waals surface area contributed by atoms with E-state index >= 15 is 0 Å². The molecule has 2 rings (SSSR count). The maximum atomic E-state index is 12.0. The van der Waals surface area contributed by atoms with Crippen molar-refractivity contribution in [3.05, 3.63) is 66.2 Å². The van der Waals surface area contributed by atoms with Gasteiger partial charge >= 0.3 is 0 Å². The summed E-state index contributed by atoms with van der Waals surface area (Å²) < 4.78 is 25.1. The van der Waals surface area contributed by atoms with E-state index in [1.54, 1.807) is 6.08 Å². The zero-order valence-electron chi connectivity index (χ0n) is 15.0. The third-order valence-corrected chi connectivity index (χ3v) is 5.40. The van der Waals surface area contributed by atoms with Gasteiger partial charge in [-0.1, -0.05) is 30.3 Å². The number of carbonyl (C=O) groups excluding carboxylic acids is 2. The molecular weight excluding hydrogens is 366 g/mol. The second kappa shape index (κ2) is 9.11. The van der Waals surface area contributed by atoms with E-state index in [0.29, 0.717) is 5.69 Å². The van der Waals surface area contributed by atoms with Crippen molar-refractivity contribution >= 4 is 33.6 Å². The Morgan fingerprint density at radius 2 is 1.63 bits per heavy atom. The molecule has 0 spiro atoms. The van der Waals surface area contributed by atoms with E-state index in [9.17, 15) is 18.0 Å². The molecule has 0 fully saturated rings. The topological polar surface area (TPSA) is 95.6 Å². The van der Waals surface area contributed by atoms with Gasteiger partial charge in [-0.2, -0.15) is 0 Å². The van der Waals surface area contributed by atoms with Crippen molar-refractivity contribution < 1.29 is 18.0 Å². The Kier molecular flexibility index (Phi) is 6.86. The van der Waals surface area contributed by atoms with Crippen LogP contribution in [-0.2, 0) is 19.6 Å². The van der Waals surface area contributed by atoms with Crippen LogP contribution in [0.4, 0.5) is 5.69 Å². The number of anilines is 1. The van der Waals surface area contributed by atoms with Crippen molar-refractivity contribution in [2.45, 2.75) is 4.90 Å². The maximum absolute atomic E-state index is 12.0. The molecule has 8 heteroatoms. The van der Waals surface area contributed by atoms with Crippen LogP contribution in [0.3, 0.4) is 0 Å². The van der Waals surface area contributed by atoms with Crippen LogP contribution in [0, 0.1) is 0 Å². The quantitative estimate of drug-likeness (QED) is 0.707. The lowest BCUT2D eigenvalue weighted by atomic mass is 10.2. The number of amides is 2. The minimum Gasteiger partial charge on any atom is -0.343 e. The van der Waals surface area contributed by atoms with E-state index in [-0.39, 0.29) is 17.3 Å². The smallest absolute Gasteiger partial charge is 0.244 e. The molecule has 0 aliphatic carbocycles. The fraction of sp³-hybridized carbons (Fsp3) is 0.158. The Morgan fingerprint density at radius 1 is 1.00 bits per heavy atom. The molecule has 0 bridgehead atoms. The highest BCUT2D eigenvalue weighted by Gasteiger charge is 2.16. The van der Waals surface area contributed by atoms with Gasteiger partial charge in [0, 0.05) is 25.9 Å². The summed E-state index contributed by atoms with van der Waals surface area (Å²) in [4.78, 5) is 23.8. The van der Waals surface area contributed by atoms with Crippen molar-refractivity contribution in [2.75, 3.05) is 26.0 Å². The molecule has 0 atom stereocenters. The molecule has 0 heterocycles. The van der Waals surface area contributed by atoms with Crippen LogP contribution < -0.4 is 10.6 Å². The highest BCUT2D eigenvalue weighted by molar-refractivity contribution is 7.89. The van der Waals surface area contributed by atoms with Crippen molar-refractivity contribution in [3.8, 4) is 0 Å². The van der Waals surface area contributed by atoms with Gasteiger partial charge in [-0.3, -0.25) is 9.59 Å². The van der Waals surface area contributed by atoms with Gasteiger partial charge in [0.2, 0.25) is 21.8 Å². The van der Waals surface area contributed by atoms with E-state index < -0.39 is 15.9 Å². The molecule has 2 N–H and O–H groups in total. The monoisotopic (exact) mass is 387 g/mol. The molecule has 0 saturated heterocycles. The molecule has 0 saturated carbocycles. The lowest BCUT2D eigenvalue weighted by molar-refractivity contribution is -0.121. The van der Waals surface area contributed by atoms with Crippen molar-refractivity contribution in [3.63, 3.8) is 0 Å². The molecule has 0 radical (unpaired) electrons. The zero-order chi connectivity index (χ0) is 19.9. The average molecular weight is 387 g/mol. The number of nitrogens with zero attached hydrogens (tertiary/aromatic N) is 1. The Bertz CT molecular complexity index is 921. The summed E-state index contributed by atoms with van der Waals surface area (Å²) in [5.41, 5.74) is 1.32. The van der Waals surface area contributed by atoms with E-state index in [1.807, 2.05) is 30.3 Å². The number of sulfonamides is 1. The number of hydrogen-bond donors (Lipinski definition) is 2. The van der Waals surface area contributed by atoms with Crippen LogP contribution in [0.1, 0.15) is 5.56 Å². The lowest BCUT2D eigenvalue weighted by Crippen LogP contribution is -2.31. The normalized spacial score (nSPS) is 11.5. The summed E-state index contributed by atoms with van der Waals surface area (Å²) in [5.74, 6) is -0.805. The largest absolute Gasteiger partial charge is 0.343 e. The number of nitrogens with one attached hydrogen (secondary N) is 2. The van der Waals surface area contributed by atoms with Gasteiger partial charge in [0.1, 0.15) is 0 Å². The summed E-state index contributed by atoms with van der Waals surface area (Å²) in [5, 5.41) is 5.08. The van der Waals surface area contributed by atoms with E-state index in [1.165, 1.54) is 44.4 Å².